The molecule has 6 heteroatoms. The quantitative estimate of drug-likeness (QED) is 0.463. The number of benzene rings is 2. The summed E-state index contributed by atoms with van der Waals surface area (Å²) in [4.78, 5) is 33.4. The van der Waals surface area contributed by atoms with Gasteiger partial charge < -0.3 is 14.2 Å². The Labute approximate surface area is 151 Å². The van der Waals surface area contributed by atoms with Gasteiger partial charge in [-0.1, -0.05) is 30.4 Å². The zero-order valence-corrected chi connectivity index (χ0v) is 14.6. The lowest BCUT2D eigenvalue weighted by Gasteiger charge is -2.09. The molecule has 2 aromatic carbocycles. The van der Waals surface area contributed by atoms with Crippen molar-refractivity contribution < 1.29 is 28.6 Å². The molecular weight excluding hydrogens is 336 g/mol. The van der Waals surface area contributed by atoms with E-state index in [-0.39, 0.29) is 11.5 Å². The highest BCUT2D eigenvalue weighted by Gasteiger charge is 2.10. The Bertz CT molecular complexity index is 866. The summed E-state index contributed by atoms with van der Waals surface area (Å²) in [5.41, 5.74) is 1.55. The van der Waals surface area contributed by atoms with Crippen LogP contribution in [0.25, 0.3) is 12.2 Å². The smallest absolute Gasteiger partial charge is 0.308 e. The molecule has 0 spiro atoms. The van der Waals surface area contributed by atoms with Crippen LogP contribution in [0.3, 0.4) is 0 Å². The summed E-state index contributed by atoms with van der Waals surface area (Å²) in [6.07, 6.45) is 3.60. The van der Waals surface area contributed by atoms with Crippen LogP contribution in [0.1, 0.15) is 31.9 Å². The lowest BCUT2D eigenvalue weighted by Crippen LogP contribution is -2.07. The number of carbonyl (C=O) groups is 3. The molecule has 0 fully saturated rings. The van der Waals surface area contributed by atoms with E-state index < -0.39 is 17.9 Å². The summed E-state index contributed by atoms with van der Waals surface area (Å²) in [6, 6.07) is 11.9. The highest BCUT2D eigenvalue weighted by molar-refractivity contribution is 5.76. The Morgan fingerprint density at radius 1 is 0.692 bits per heavy atom. The Balaban J connectivity index is 2.25. The van der Waals surface area contributed by atoms with Crippen molar-refractivity contribution in [1.82, 2.24) is 0 Å². The van der Waals surface area contributed by atoms with E-state index in [1.165, 1.54) is 20.8 Å². The first kappa shape index (κ1) is 18.9. The fourth-order valence-electron chi connectivity index (χ4n) is 2.14. The first-order valence-corrected chi connectivity index (χ1v) is 7.81. The predicted octanol–water partition coefficient (Wildman–Crippen LogP) is 3.63. The van der Waals surface area contributed by atoms with Crippen LogP contribution in [0.5, 0.6) is 17.2 Å². The molecule has 0 aromatic heterocycles. The molecule has 2 rings (SSSR count). The van der Waals surface area contributed by atoms with E-state index in [1.807, 2.05) is 12.1 Å². The van der Waals surface area contributed by atoms with Crippen LogP contribution in [0.15, 0.2) is 42.5 Å². The van der Waals surface area contributed by atoms with Gasteiger partial charge in [0.1, 0.15) is 5.75 Å². The van der Waals surface area contributed by atoms with Gasteiger partial charge in [0.05, 0.1) is 0 Å². The van der Waals surface area contributed by atoms with Gasteiger partial charge in [-0.3, -0.25) is 14.4 Å². The topological polar surface area (TPSA) is 78.9 Å². The Morgan fingerprint density at radius 2 is 1.27 bits per heavy atom. The predicted molar refractivity (Wildman–Crippen MR) is 95.7 cm³/mol. The first-order valence-electron chi connectivity index (χ1n) is 7.81. The number of hydrogen-bond acceptors (Lipinski definition) is 6. The Kier molecular flexibility index (Phi) is 6.27. The monoisotopic (exact) mass is 354 g/mol. The van der Waals surface area contributed by atoms with E-state index in [2.05, 4.69) is 0 Å². The van der Waals surface area contributed by atoms with Gasteiger partial charge in [0, 0.05) is 20.8 Å². The maximum absolute atomic E-state index is 11.2. The van der Waals surface area contributed by atoms with Crippen molar-refractivity contribution in [3.63, 3.8) is 0 Å². The van der Waals surface area contributed by atoms with Crippen molar-refractivity contribution in [2.75, 3.05) is 0 Å². The van der Waals surface area contributed by atoms with Crippen LogP contribution >= 0.6 is 0 Å². The van der Waals surface area contributed by atoms with Gasteiger partial charge >= 0.3 is 17.9 Å². The van der Waals surface area contributed by atoms with Gasteiger partial charge in [0.15, 0.2) is 11.5 Å². The van der Waals surface area contributed by atoms with Gasteiger partial charge in [-0.2, -0.15) is 0 Å². The molecular formula is C20H18O6. The standard InChI is InChI=1S/C20H18O6/c1-13(21)24-18-6-4-5-16(11-18)7-8-17-9-10-19(25-14(2)22)20(12-17)26-15(3)23/h4-12H,1-3H3/b8-7+. The molecule has 0 radical (unpaired) electrons. The number of ether oxygens (including phenoxy) is 3. The average molecular weight is 354 g/mol. The zero-order chi connectivity index (χ0) is 19.1. The normalized spacial score (nSPS) is 10.4. The zero-order valence-electron chi connectivity index (χ0n) is 14.6. The van der Waals surface area contributed by atoms with Gasteiger partial charge in [-0.15, -0.1) is 0 Å². The molecule has 6 nitrogen and oxygen atoms in total. The summed E-state index contributed by atoms with van der Waals surface area (Å²) >= 11 is 0. The van der Waals surface area contributed by atoms with Crippen LogP contribution in [-0.4, -0.2) is 17.9 Å². The molecule has 0 saturated carbocycles. The summed E-state index contributed by atoms with van der Waals surface area (Å²) in [5.74, 6) is -0.647. The maximum atomic E-state index is 11.2. The molecule has 0 heterocycles. The van der Waals surface area contributed by atoms with E-state index in [4.69, 9.17) is 14.2 Å². The van der Waals surface area contributed by atoms with E-state index in [0.717, 1.165) is 11.1 Å². The molecule has 134 valence electrons. The second-order valence-corrected chi connectivity index (χ2v) is 5.39. The second kappa shape index (κ2) is 8.62. The van der Waals surface area contributed by atoms with Crippen LogP contribution in [0, 0.1) is 0 Å². The minimum atomic E-state index is -0.520. The van der Waals surface area contributed by atoms with E-state index in [9.17, 15) is 14.4 Å². The summed E-state index contributed by atoms with van der Waals surface area (Å²) in [6.45, 7) is 3.87. The van der Waals surface area contributed by atoms with Crippen molar-refractivity contribution in [2.45, 2.75) is 20.8 Å². The molecule has 0 bridgehead atoms. The Morgan fingerprint density at radius 3 is 1.88 bits per heavy atom. The minimum Gasteiger partial charge on any atom is -0.427 e. The van der Waals surface area contributed by atoms with Crippen molar-refractivity contribution in [2.24, 2.45) is 0 Å². The van der Waals surface area contributed by atoms with Crippen LogP contribution in [0.2, 0.25) is 0 Å². The van der Waals surface area contributed by atoms with Crippen LogP contribution < -0.4 is 14.2 Å². The number of rotatable bonds is 5. The van der Waals surface area contributed by atoms with Crippen molar-refractivity contribution >= 4 is 30.1 Å². The van der Waals surface area contributed by atoms with Gasteiger partial charge in [0.25, 0.3) is 0 Å². The van der Waals surface area contributed by atoms with E-state index >= 15 is 0 Å². The molecule has 0 saturated heterocycles. The number of hydrogen-bond donors (Lipinski definition) is 0. The van der Waals surface area contributed by atoms with Crippen LogP contribution in [-0.2, 0) is 14.4 Å². The largest absolute Gasteiger partial charge is 0.427 e. The number of esters is 3. The molecule has 2 aromatic rings. The lowest BCUT2D eigenvalue weighted by atomic mass is 10.1. The van der Waals surface area contributed by atoms with Gasteiger partial charge in [0.2, 0.25) is 0 Å². The maximum Gasteiger partial charge on any atom is 0.308 e. The van der Waals surface area contributed by atoms with Crippen LogP contribution in [0.4, 0.5) is 0 Å². The van der Waals surface area contributed by atoms with Crippen molar-refractivity contribution in [3.8, 4) is 17.2 Å². The summed E-state index contributed by atoms with van der Waals surface area (Å²) in [5, 5.41) is 0. The van der Waals surface area contributed by atoms with E-state index in [0.29, 0.717) is 5.75 Å². The first-order chi connectivity index (χ1) is 12.3. The van der Waals surface area contributed by atoms with Gasteiger partial charge in [-0.05, 0) is 35.4 Å². The third kappa shape index (κ3) is 5.90. The Hall–Kier alpha value is -3.41. The second-order valence-electron chi connectivity index (χ2n) is 5.39. The highest BCUT2D eigenvalue weighted by Crippen LogP contribution is 2.29. The van der Waals surface area contributed by atoms with E-state index in [1.54, 1.807) is 42.5 Å². The van der Waals surface area contributed by atoms with Crippen molar-refractivity contribution in [1.29, 1.82) is 0 Å². The molecule has 0 amide bonds. The molecule has 0 N–H and O–H groups in total. The average Bonchev–Trinajstić information content (AvgIpc) is 2.54. The number of carbonyl (C=O) groups excluding carboxylic acids is 3. The third-order valence-electron chi connectivity index (χ3n) is 3.06. The summed E-state index contributed by atoms with van der Waals surface area (Å²) in [7, 11) is 0. The molecule has 0 aliphatic carbocycles. The molecule has 26 heavy (non-hydrogen) atoms. The molecule has 0 atom stereocenters. The molecule has 0 aliphatic rings. The summed E-state index contributed by atoms with van der Waals surface area (Å²) < 4.78 is 15.2. The fourth-order valence-corrected chi connectivity index (χ4v) is 2.14. The third-order valence-corrected chi connectivity index (χ3v) is 3.06. The minimum absolute atomic E-state index is 0.156. The molecule has 0 aliphatic heterocycles. The lowest BCUT2D eigenvalue weighted by molar-refractivity contribution is -0.134. The fraction of sp³-hybridized carbons (Fsp3) is 0.150. The van der Waals surface area contributed by atoms with Crippen molar-refractivity contribution in [3.05, 3.63) is 53.6 Å². The molecule has 0 unspecified atom stereocenters. The SMILES string of the molecule is CC(=O)Oc1cccc(/C=C/c2ccc(OC(C)=O)c(OC(C)=O)c2)c1. The van der Waals surface area contributed by atoms with Gasteiger partial charge in [-0.25, -0.2) is 0 Å². The highest BCUT2D eigenvalue weighted by atomic mass is 16.6.